The van der Waals surface area contributed by atoms with E-state index in [-0.39, 0.29) is 30.1 Å². The van der Waals surface area contributed by atoms with Crippen LogP contribution < -0.4 is 10.6 Å². The zero-order valence-electron chi connectivity index (χ0n) is 20.1. The smallest absolute Gasteiger partial charge is 0.410 e. The normalized spacial score (nSPS) is 21.8. The highest BCUT2D eigenvalue weighted by Crippen LogP contribution is 2.21. The quantitative estimate of drug-likeness (QED) is 0.287. The SMILES string of the molecule is CCNC(=NCC(C)N1CCOCC1)NCCC1CCCN(C(=O)OC(C)(C)C)C1.I. The average molecular weight is 554 g/mol. The van der Waals surface area contributed by atoms with Gasteiger partial charge < -0.3 is 25.0 Å². The number of likely N-dealkylation sites (tertiary alicyclic amines) is 1. The highest BCUT2D eigenvalue weighted by atomic mass is 127. The molecule has 31 heavy (non-hydrogen) atoms. The Balaban J connectivity index is 0.00000480. The summed E-state index contributed by atoms with van der Waals surface area (Å²) in [6, 6.07) is 0.407. The third kappa shape index (κ3) is 11.1. The van der Waals surface area contributed by atoms with Gasteiger partial charge in [-0.25, -0.2) is 4.79 Å². The summed E-state index contributed by atoms with van der Waals surface area (Å²) in [5.74, 6) is 1.37. The van der Waals surface area contributed by atoms with E-state index < -0.39 is 5.60 Å². The van der Waals surface area contributed by atoms with Crippen molar-refractivity contribution in [3.8, 4) is 0 Å². The second-order valence-electron chi connectivity index (χ2n) is 9.37. The molecule has 0 radical (unpaired) electrons. The van der Waals surface area contributed by atoms with Crippen LogP contribution in [-0.4, -0.2) is 92.5 Å². The molecular weight excluding hydrogens is 509 g/mol. The molecule has 1 amide bonds. The van der Waals surface area contributed by atoms with Crippen LogP contribution in [0.3, 0.4) is 0 Å². The fourth-order valence-corrected chi connectivity index (χ4v) is 3.89. The van der Waals surface area contributed by atoms with Crippen LogP contribution >= 0.6 is 24.0 Å². The van der Waals surface area contributed by atoms with E-state index in [1.54, 1.807) is 0 Å². The van der Waals surface area contributed by atoms with Gasteiger partial charge in [-0.2, -0.15) is 0 Å². The van der Waals surface area contributed by atoms with Gasteiger partial charge in [-0.15, -0.1) is 24.0 Å². The van der Waals surface area contributed by atoms with Crippen molar-refractivity contribution in [2.75, 3.05) is 59.0 Å². The van der Waals surface area contributed by atoms with Gasteiger partial charge in [0.15, 0.2) is 5.96 Å². The Morgan fingerprint density at radius 3 is 2.58 bits per heavy atom. The summed E-state index contributed by atoms with van der Waals surface area (Å²) in [7, 11) is 0. The largest absolute Gasteiger partial charge is 0.444 e. The van der Waals surface area contributed by atoms with Gasteiger partial charge in [-0.1, -0.05) is 0 Å². The summed E-state index contributed by atoms with van der Waals surface area (Å²) in [4.78, 5) is 21.4. The van der Waals surface area contributed by atoms with E-state index in [1.807, 2.05) is 25.7 Å². The number of aliphatic imine (C=N–C) groups is 1. The van der Waals surface area contributed by atoms with Crippen LogP contribution in [0, 0.1) is 5.92 Å². The molecule has 2 rings (SSSR count). The minimum absolute atomic E-state index is 0. The highest BCUT2D eigenvalue weighted by Gasteiger charge is 2.27. The van der Waals surface area contributed by atoms with E-state index in [9.17, 15) is 4.79 Å². The van der Waals surface area contributed by atoms with Crippen LogP contribution in [0.4, 0.5) is 4.79 Å². The summed E-state index contributed by atoms with van der Waals surface area (Å²) >= 11 is 0. The monoisotopic (exact) mass is 553 g/mol. The molecule has 0 aromatic heterocycles. The summed E-state index contributed by atoms with van der Waals surface area (Å²) in [6.07, 6.45) is 3.02. The molecule has 8 nitrogen and oxygen atoms in total. The lowest BCUT2D eigenvalue weighted by atomic mass is 9.95. The van der Waals surface area contributed by atoms with Crippen molar-refractivity contribution in [1.82, 2.24) is 20.4 Å². The van der Waals surface area contributed by atoms with Crippen molar-refractivity contribution in [2.24, 2.45) is 10.9 Å². The van der Waals surface area contributed by atoms with Crippen LogP contribution in [-0.2, 0) is 9.47 Å². The third-order valence-electron chi connectivity index (χ3n) is 5.54. The Hall–Kier alpha value is -0.810. The zero-order chi connectivity index (χ0) is 22.0. The second-order valence-corrected chi connectivity index (χ2v) is 9.37. The summed E-state index contributed by atoms with van der Waals surface area (Å²) in [5, 5.41) is 6.81. The van der Waals surface area contributed by atoms with Gasteiger partial charge in [0.05, 0.1) is 19.8 Å². The van der Waals surface area contributed by atoms with Gasteiger partial charge in [0.1, 0.15) is 5.60 Å². The average Bonchev–Trinajstić information content (AvgIpc) is 2.71. The molecular formula is C22H44IN5O3. The predicted octanol–water partition coefficient (Wildman–Crippen LogP) is 2.92. The maximum absolute atomic E-state index is 12.4. The van der Waals surface area contributed by atoms with E-state index in [0.717, 1.165) is 84.2 Å². The fourth-order valence-electron chi connectivity index (χ4n) is 3.89. The van der Waals surface area contributed by atoms with Crippen LogP contribution in [0.5, 0.6) is 0 Å². The zero-order valence-corrected chi connectivity index (χ0v) is 22.4. The molecule has 2 unspecified atom stereocenters. The van der Waals surface area contributed by atoms with Crippen LogP contribution in [0.1, 0.15) is 53.9 Å². The Kier molecular flexibility index (Phi) is 13.1. The van der Waals surface area contributed by atoms with Crippen LogP contribution in [0.15, 0.2) is 4.99 Å². The maximum atomic E-state index is 12.4. The van der Waals surface area contributed by atoms with Gasteiger partial charge in [0.25, 0.3) is 0 Å². The summed E-state index contributed by atoms with van der Waals surface area (Å²) < 4.78 is 11.0. The second kappa shape index (κ2) is 14.4. The standard InChI is InChI=1S/C22H43N5O3.HI/c1-6-23-20(25-16-18(2)26-12-14-29-15-13-26)24-10-9-19-8-7-11-27(17-19)21(28)30-22(3,4)5;/h18-19H,6-17H2,1-5H3,(H2,23,24,25);1H. The summed E-state index contributed by atoms with van der Waals surface area (Å²) in [5.41, 5.74) is -0.443. The molecule has 2 aliphatic rings. The Bertz CT molecular complexity index is 550. The molecule has 0 spiro atoms. The van der Waals surface area contributed by atoms with Gasteiger partial charge in [-0.05, 0) is 59.8 Å². The van der Waals surface area contributed by atoms with Crippen molar-refractivity contribution in [2.45, 2.75) is 65.5 Å². The first-order valence-electron chi connectivity index (χ1n) is 11.6. The predicted molar refractivity (Wildman–Crippen MR) is 136 cm³/mol. The van der Waals surface area contributed by atoms with Crippen molar-refractivity contribution in [1.29, 1.82) is 0 Å². The van der Waals surface area contributed by atoms with Crippen LogP contribution in [0.25, 0.3) is 0 Å². The molecule has 2 saturated heterocycles. The summed E-state index contributed by atoms with van der Waals surface area (Å²) in [6.45, 7) is 17.7. The molecule has 0 bridgehead atoms. The van der Waals surface area contributed by atoms with Crippen LogP contribution in [0.2, 0.25) is 0 Å². The number of carbonyl (C=O) groups excluding carboxylic acids is 1. The molecule has 0 saturated carbocycles. The first-order chi connectivity index (χ1) is 14.3. The molecule has 2 atom stereocenters. The van der Waals surface area contributed by atoms with E-state index in [1.165, 1.54) is 0 Å². The van der Waals surface area contributed by atoms with Crippen molar-refractivity contribution in [3.63, 3.8) is 0 Å². The number of nitrogens with one attached hydrogen (secondary N) is 2. The minimum atomic E-state index is -0.443. The van der Waals surface area contributed by atoms with Crippen molar-refractivity contribution >= 4 is 36.0 Å². The number of amides is 1. The molecule has 182 valence electrons. The maximum Gasteiger partial charge on any atom is 0.410 e. The number of piperidine rings is 1. The van der Waals surface area contributed by atoms with Gasteiger partial charge in [-0.3, -0.25) is 9.89 Å². The Morgan fingerprint density at radius 2 is 1.94 bits per heavy atom. The van der Waals surface area contributed by atoms with Crippen molar-refractivity contribution in [3.05, 3.63) is 0 Å². The van der Waals surface area contributed by atoms with Crippen molar-refractivity contribution < 1.29 is 14.3 Å². The number of ether oxygens (including phenoxy) is 2. The topological polar surface area (TPSA) is 78.4 Å². The molecule has 0 aromatic carbocycles. The number of morpholine rings is 1. The number of rotatable bonds is 7. The first-order valence-corrected chi connectivity index (χ1v) is 11.6. The molecule has 2 fully saturated rings. The lowest BCUT2D eigenvalue weighted by molar-refractivity contribution is 0.0162. The molecule has 2 heterocycles. The number of hydrogen-bond donors (Lipinski definition) is 2. The molecule has 2 N–H and O–H groups in total. The lowest BCUT2D eigenvalue weighted by Crippen LogP contribution is -2.45. The number of nitrogens with zero attached hydrogens (tertiary/aromatic N) is 3. The number of carbonyl (C=O) groups is 1. The fraction of sp³-hybridized carbons (Fsp3) is 0.909. The molecule has 9 heteroatoms. The minimum Gasteiger partial charge on any atom is -0.444 e. The molecule has 0 aromatic rings. The number of hydrogen-bond acceptors (Lipinski definition) is 5. The highest BCUT2D eigenvalue weighted by molar-refractivity contribution is 14.0. The van der Waals surface area contributed by atoms with Gasteiger partial charge in [0.2, 0.25) is 0 Å². The third-order valence-corrected chi connectivity index (χ3v) is 5.54. The van der Waals surface area contributed by atoms with E-state index in [0.29, 0.717) is 12.0 Å². The van der Waals surface area contributed by atoms with Gasteiger partial charge in [0, 0.05) is 45.3 Å². The lowest BCUT2D eigenvalue weighted by Gasteiger charge is -2.34. The molecule has 2 aliphatic heterocycles. The van der Waals surface area contributed by atoms with Gasteiger partial charge >= 0.3 is 6.09 Å². The Morgan fingerprint density at radius 1 is 1.23 bits per heavy atom. The molecule has 0 aliphatic carbocycles. The number of halogens is 1. The van der Waals surface area contributed by atoms with E-state index in [2.05, 4.69) is 29.4 Å². The first kappa shape index (κ1) is 28.2. The van der Waals surface area contributed by atoms with E-state index in [4.69, 9.17) is 14.5 Å². The Labute approximate surface area is 205 Å². The number of guanidine groups is 1. The van der Waals surface area contributed by atoms with E-state index >= 15 is 0 Å².